The summed E-state index contributed by atoms with van der Waals surface area (Å²) in [6.07, 6.45) is 64.1. The summed E-state index contributed by atoms with van der Waals surface area (Å²) in [5, 5.41) is 54.9. The van der Waals surface area contributed by atoms with Crippen LogP contribution in [0.4, 0.5) is 0 Å². The van der Waals surface area contributed by atoms with Gasteiger partial charge in [-0.2, -0.15) is 0 Å². The van der Waals surface area contributed by atoms with Crippen molar-refractivity contribution in [2.24, 2.45) is 0 Å². The first kappa shape index (κ1) is 71.9. The lowest BCUT2D eigenvalue weighted by Gasteiger charge is -2.40. The van der Waals surface area contributed by atoms with Gasteiger partial charge in [0.2, 0.25) is 5.91 Å². The van der Waals surface area contributed by atoms with Gasteiger partial charge in [-0.05, 0) is 38.5 Å². The molecule has 1 fully saturated rings. The van der Waals surface area contributed by atoms with E-state index in [1.807, 2.05) is 0 Å². The molecule has 0 aliphatic carbocycles. The molecule has 1 aliphatic rings. The molecule has 0 radical (unpaired) electrons. The monoisotopic (exact) mass is 1060 g/mol. The molecule has 0 saturated carbocycles. The summed E-state index contributed by atoms with van der Waals surface area (Å²) >= 11 is 0. The number of carbonyl (C=O) groups excluding carboxylic acids is 1. The van der Waals surface area contributed by atoms with Gasteiger partial charge >= 0.3 is 0 Å². The third-order valence-corrected chi connectivity index (χ3v) is 16.4. The van der Waals surface area contributed by atoms with Crippen molar-refractivity contribution in [2.45, 2.75) is 391 Å². The third-order valence-electron chi connectivity index (χ3n) is 16.4. The molecule has 7 unspecified atom stereocenters. The average Bonchev–Trinajstić information content (AvgIpc) is 3.41. The van der Waals surface area contributed by atoms with E-state index >= 15 is 0 Å². The van der Waals surface area contributed by atoms with Crippen LogP contribution in [0.25, 0.3) is 0 Å². The Morgan fingerprint density at radius 3 is 1.08 bits per heavy atom. The van der Waals surface area contributed by atoms with Crippen LogP contribution in [0.2, 0.25) is 0 Å². The average molecular weight is 1060 g/mol. The largest absolute Gasteiger partial charge is 0.394 e. The van der Waals surface area contributed by atoms with E-state index in [4.69, 9.17) is 9.47 Å². The Bertz CT molecular complexity index is 1190. The van der Waals surface area contributed by atoms with Crippen molar-refractivity contribution in [3.63, 3.8) is 0 Å². The number of amides is 1. The fourth-order valence-corrected chi connectivity index (χ4v) is 11.1. The van der Waals surface area contributed by atoms with Gasteiger partial charge in [0.05, 0.1) is 25.4 Å². The predicted molar refractivity (Wildman–Crippen MR) is 318 cm³/mol. The predicted octanol–water partition coefficient (Wildman–Crippen LogP) is 17.5. The summed E-state index contributed by atoms with van der Waals surface area (Å²) < 4.78 is 11.4. The minimum Gasteiger partial charge on any atom is -0.394 e. The van der Waals surface area contributed by atoms with Gasteiger partial charge in [-0.3, -0.25) is 4.79 Å². The number of aliphatic hydroxyl groups is 5. The van der Waals surface area contributed by atoms with Gasteiger partial charge in [0, 0.05) is 6.42 Å². The van der Waals surface area contributed by atoms with Crippen molar-refractivity contribution in [2.75, 3.05) is 13.2 Å². The second kappa shape index (κ2) is 56.2. The standard InChI is InChI=1S/C66H129NO8/c1-3-5-7-9-11-13-15-17-19-21-23-25-27-29-30-31-32-34-36-38-40-42-44-46-48-50-52-54-56-62(70)67-59(58-74-66-65(73)64(72)63(71)61(57-68)75-66)60(69)55-53-51-49-47-45-43-41-39-37-35-33-28-26-24-22-20-18-16-14-12-10-8-6-4-2/h29-30,59-61,63-66,68-69,71-73H,3-28,31-58H2,1-2H3,(H,67,70)/b30-29-. The van der Waals surface area contributed by atoms with Gasteiger partial charge in [0.1, 0.15) is 24.4 Å². The highest BCUT2D eigenvalue weighted by atomic mass is 16.7. The van der Waals surface area contributed by atoms with Crippen LogP contribution in [0.1, 0.15) is 348 Å². The molecular formula is C66H129NO8. The highest BCUT2D eigenvalue weighted by Gasteiger charge is 2.44. The number of ether oxygens (including phenoxy) is 2. The number of allylic oxidation sites excluding steroid dienone is 2. The van der Waals surface area contributed by atoms with Gasteiger partial charge < -0.3 is 40.3 Å². The van der Waals surface area contributed by atoms with Gasteiger partial charge in [-0.15, -0.1) is 0 Å². The molecule has 1 aliphatic heterocycles. The van der Waals surface area contributed by atoms with Gasteiger partial charge in [-0.1, -0.05) is 315 Å². The zero-order chi connectivity index (χ0) is 54.3. The molecular weight excluding hydrogens is 935 g/mol. The molecule has 7 atom stereocenters. The van der Waals surface area contributed by atoms with Gasteiger partial charge in [0.15, 0.2) is 6.29 Å². The maximum Gasteiger partial charge on any atom is 0.220 e. The first-order chi connectivity index (χ1) is 36.8. The van der Waals surface area contributed by atoms with Crippen molar-refractivity contribution in [3.8, 4) is 0 Å². The Hall–Kier alpha value is -1.07. The summed E-state index contributed by atoms with van der Waals surface area (Å²) in [6, 6.07) is -0.718. The number of carbonyl (C=O) groups is 1. The third kappa shape index (κ3) is 45.4. The van der Waals surface area contributed by atoms with Crippen LogP contribution in [-0.2, 0) is 14.3 Å². The fourth-order valence-electron chi connectivity index (χ4n) is 11.1. The lowest BCUT2D eigenvalue weighted by atomic mass is 9.99. The molecule has 9 nitrogen and oxygen atoms in total. The zero-order valence-electron chi connectivity index (χ0n) is 49.8. The van der Waals surface area contributed by atoms with E-state index in [1.54, 1.807) is 0 Å². The molecule has 1 amide bonds. The number of unbranched alkanes of at least 4 members (excludes halogenated alkanes) is 47. The summed E-state index contributed by atoms with van der Waals surface area (Å²) in [6.45, 7) is 3.90. The van der Waals surface area contributed by atoms with Crippen molar-refractivity contribution >= 4 is 5.91 Å². The van der Waals surface area contributed by atoms with Crippen molar-refractivity contribution in [1.82, 2.24) is 5.32 Å². The molecule has 1 rings (SSSR count). The molecule has 0 aromatic rings. The smallest absolute Gasteiger partial charge is 0.220 e. The van der Waals surface area contributed by atoms with Crippen molar-refractivity contribution < 1.29 is 39.8 Å². The van der Waals surface area contributed by atoms with Crippen LogP contribution < -0.4 is 5.32 Å². The zero-order valence-corrected chi connectivity index (χ0v) is 49.8. The Kier molecular flexibility index (Phi) is 53.9. The molecule has 6 N–H and O–H groups in total. The molecule has 0 spiro atoms. The van der Waals surface area contributed by atoms with Crippen molar-refractivity contribution in [3.05, 3.63) is 12.2 Å². The van der Waals surface area contributed by atoms with Crippen molar-refractivity contribution in [1.29, 1.82) is 0 Å². The van der Waals surface area contributed by atoms with Crippen LogP contribution in [0.3, 0.4) is 0 Å². The van der Waals surface area contributed by atoms with Crippen LogP contribution in [-0.4, -0.2) is 87.5 Å². The summed E-state index contributed by atoms with van der Waals surface area (Å²) in [4.78, 5) is 13.1. The van der Waals surface area contributed by atoms with Crippen LogP contribution in [0.5, 0.6) is 0 Å². The number of hydrogen-bond donors (Lipinski definition) is 6. The molecule has 0 aromatic heterocycles. The number of hydrogen-bond acceptors (Lipinski definition) is 8. The highest BCUT2D eigenvalue weighted by Crippen LogP contribution is 2.24. The van der Waals surface area contributed by atoms with Crippen LogP contribution >= 0.6 is 0 Å². The lowest BCUT2D eigenvalue weighted by Crippen LogP contribution is -2.60. The molecule has 75 heavy (non-hydrogen) atoms. The van der Waals surface area contributed by atoms with E-state index < -0.39 is 49.5 Å². The van der Waals surface area contributed by atoms with Gasteiger partial charge in [0.25, 0.3) is 0 Å². The molecule has 0 aromatic carbocycles. The van der Waals surface area contributed by atoms with E-state index in [-0.39, 0.29) is 12.5 Å². The summed E-state index contributed by atoms with van der Waals surface area (Å²) in [7, 11) is 0. The second-order valence-electron chi connectivity index (χ2n) is 23.6. The van der Waals surface area contributed by atoms with Crippen LogP contribution in [0.15, 0.2) is 12.2 Å². The number of nitrogens with one attached hydrogen (secondary N) is 1. The quantitative estimate of drug-likeness (QED) is 0.0261. The number of rotatable bonds is 59. The Labute approximate surface area is 465 Å². The van der Waals surface area contributed by atoms with E-state index in [1.165, 1.54) is 283 Å². The fraction of sp³-hybridized carbons (Fsp3) is 0.955. The Morgan fingerprint density at radius 1 is 0.440 bits per heavy atom. The topological polar surface area (TPSA) is 149 Å². The molecule has 0 bridgehead atoms. The maximum absolute atomic E-state index is 13.1. The highest BCUT2D eigenvalue weighted by molar-refractivity contribution is 5.76. The SMILES string of the molecule is CCCCCCCCCCCCCC/C=C\CCCCCCCCCCCCCCC(=O)NC(COC1OC(CO)C(O)C(O)C1O)C(O)CCCCCCCCCCCCCCCCCCCCCCCCCC. The van der Waals surface area contributed by atoms with E-state index in [0.717, 1.165) is 38.5 Å². The minimum absolute atomic E-state index is 0.133. The van der Waals surface area contributed by atoms with Gasteiger partial charge in [-0.25, -0.2) is 0 Å². The second-order valence-corrected chi connectivity index (χ2v) is 23.6. The first-order valence-corrected chi connectivity index (χ1v) is 33.4. The van der Waals surface area contributed by atoms with E-state index in [9.17, 15) is 30.3 Å². The van der Waals surface area contributed by atoms with E-state index in [0.29, 0.717) is 12.8 Å². The maximum atomic E-state index is 13.1. The molecule has 446 valence electrons. The molecule has 1 saturated heterocycles. The summed E-state index contributed by atoms with van der Waals surface area (Å²) in [5.41, 5.74) is 0. The Balaban J connectivity index is 2.13. The van der Waals surface area contributed by atoms with Crippen LogP contribution in [0, 0.1) is 0 Å². The molecule has 9 heteroatoms. The lowest BCUT2D eigenvalue weighted by molar-refractivity contribution is -0.302. The minimum atomic E-state index is -1.55. The number of aliphatic hydroxyl groups excluding tert-OH is 5. The van der Waals surface area contributed by atoms with E-state index in [2.05, 4.69) is 31.3 Å². The Morgan fingerprint density at radius 2 is 0.747 bits per heavy atom. The first-order valence-electron chi connectivity index (χ1n) is 33.4. The molecule has 1 heterocycles. The summed E-state index contributed by atoms with van der Waals surface area (Å²) in [5.74, 6) is -0.137. The normalized spacial score (nSPS) is 18.8.